The molecular formula is C14H15F2N3O3S. The average Bonchev–Trinajstić information content (AvgIpc) is 3.23. The van der Waals surface area contributed by atoms with Gasteiger partial charge in [-0.15, -0.1) is 0 Å². The van der Waals surface area contributed by atoms with Gasteiger partial charge in [0.1, 0.15) is 10.6 Å². The van der Waals surface area contributed by atoms with Crippen LogP contribution in [0.5, 0.6) is 5.75 Å². The smallest absolute Gasteiger partial charge is 0.387 e. The molecule has 6 nitrogen and oxygen atoms in total. The molecule has 0 spiro atoms. The van der Waals surface area contributed by atoms with Crippen LogP contribution in [0.25, 0.3) is 0 Å². The number of ether oxygens (including phenoxy) is 1. The van der Waals surface area contributed by atoms with Crippen molar-refractivity contribution in [3.8, 4) is 5.75 Å². The van der Waals surface area contributed by atoms with Gasteiger partial charge in [0, 0.05) is 19.2 Å². The summed E-state index contributed by atoms with van der Waals surface area (Å²) in [5.74, 6) is -0.159. The van der Waals surface area contributed by atoms with Crippen LogP contribution in [0.4, 0.5) is 14.5 Å². The lowest BCUT2D eigenvalue weighted by Crippen LogP contribution is -2.16. The van der Waals surface area contributed by atoms with Crippen LogP contribution in [-0.4, -0.2) is 24.8 Å². The summed E-state index contributed by atoms with van der Waals surface area (Å²) in [5.41, 5.74) is 1.03. The van der Waals surface area contributed by atoms with Gasteiger partial charge in [-0.05, 0) is 25.0 Å². The van der Waals surface area contributed by atoms with Crippen LogP contribution in [0.1, 0.15) is 24.5 Å². The molecule has 2 aromatic rings. The van der Waals surface area contributed by atoms with Gasteiger partial charge in [0.25, 0.3) is 10.0 Å². The monoisotopic (exact) mass is 343 g/mol. The number of para-hydroxylation sites is 1. The Morgan fingerprint density at radius 2 is 2.04 bits per heavy atom. The second-order valence-electron chi connectivity index (χ2n) is 5.31. The Morgan fingerprint density at radius 3 is 2.70 bits per heavy atom. The van der Waals surface area contributed by atoms with E-state index in [-0.39, 0.29) is 10.8 Å². The fourth-order valence-electron chi connectivity index (χ4n) is 2.31. The number of hydrogen-bond donors (Lipinski definition) is 1. The van der Waals surface area contributed by atoms with Crippen molar-refractivity contribution in [1.29, 1.82) is 0 Å². The topological polar surface area (TPSA) is 73.2 Å². The van der Waals surface area contributed by atoms with Gasteiger partial charge in [0.2, 0.25) is 0 Å². The number of halogens is 2. The second kappa shape index (κ2) is 5.80. The number of alkyl halides is 2. The molecule has 1 saturated carbocycles. The van der Waals surface area contributed by atoms with E-state index in [1.54, 1.807) is 13.2 Å². The number of nitrogens with one attached hydrogen (secondary N) is 1. The van der Waals surface area contributed by atoms with Gasteiger partial charge in [-0.3, -0.25) is 9.40 Å². The molecule has 1 fully saturated rings. The lowest BCUT2D eigenvalue weighted by Gasteiger charge is -2.12. The normalized spacial score (nSPS) is 15.0. The molecule has 1 aliphatic rings. The SMILES string of the molecule is Cn1cc(NS(=O)(=O)c2ccccc2OC(F)F)c(C2CC2)n1. The predicted octanol–water partition coefficient (Wildman–Crippen LogP) is 2.70. The van der Waals surface area contributed by atoms with Gasteiger partial charge in [0.15, 0.2) is 0 Å². The minimum absolute atomic E-state index is 0.237. The quantitative estimate of drug-likeness (QED) is 0.875. The molecule has 0 saturated heterocycles. The second-order valence-corrected chi connectivity index (χ2v) is 6.96. The molecule has 0 unspecified atom stereocenters. The zero-order valence-electron chi connectivity index (χ0n) is 12.2. The van der Waals surface area contributed by atoms with Crippen LogP contribution in [0, 0.1) is 0 Å². The molecular weight excluding hydrogens is 328 g/mol. The third-order valence-corrected chi connectivity index (χ3v) is 4.83. The maximum Gasteiger partial charge on any atom is 0.387 e. The summed E-state index contributed by atoms with van der Waals surface area (Å²) in [6.07, 6.45) is 3.47. The molecule has 0 bridgehead atoms. The first kappa shape index (κ1) is 15.7. The molecule has 1 N–H and O–H groups in total. The van der Waals surface area contributed by atoms with Crippen LogP contribution in [0.15, 0.2) is 35.4 Å². The molecule has 0 amide bonds. The molecule has 0 atom stereocenters. The molecule has 0 aliphatic heterocycles. The van der Waals surface area contributed by atoms with Crippen molar-refractivity contribution in [3.05, 3.63) is 36.2 Å². The number of hydrogen-bond acceptors (Lipinski definition) is 4. The minimum Gasteiger partial charge on any atom is -0.433 e. The Bertz CT molecular complexity index is 816. The van der Waals surface area contributed by atoms with E-state index in [1.165, 1.54) is 28.9 Å². The van der Waals surface area contributed by atoms with Crippen LogP contribution in [0.3, 0.4) is 0 Å². The van der Waals surface area contributed by atoms with Gasteiger partial charge in [-0.25, -0.2) is 8.42 Å². The van der Waals surface area contributed by atoms with Crippen LogP contribution in [0.2, 0.25) is 0 Å². The highest BCUT2D eigenvalue weighted by Crippen LogP contribution is 2.43. The Labute approximate surface area is 132 Å². The van der Waals surface area contributed by atoms with Crippen molar-refractivity contribution in [2.45, 2.75) is 30.3 Å². The van der Waals surface area contributed by atoms with Gasteiger partial charge < -0.3 is 4.74 Å². The van der Waals surface area contributed by atoms with Crippen molar-refractivity contribution in [1.82, 2.24) is 9.78 Å². The first-order valence-corrected chi connectivity index (χ1v) is 8.45. The van der Waals surface area contributed by atoms with E-state index in [2.05, 4.69) is 14.6 Å². The first-order valence-electron chi connectivity index (χ1n) is 6.97. The van der Waals surface area contributed by atoms with E-state index in [9.17, 15) is 17.2 Å². The van der Waals surface area contributed by atoms with Crippen LogP contribution < -0.4 is 9.46 Å². The number of rotatable bonds is 6. The summed E-state index contributed by atoms with van der Waals surface area (Å²) in [7, 11) is -2.37. The standard InChI is InChI=1S/C14H15F2N3O3S/c1-19-8-10(13(17-19)9-6-7-9)18-23(20,21)12-5-3-2-4-11(12)22-14(15)16/h2-5,8-9,14,18H,6-7H2,1H3. The molecule has 3 rings (SSSR count). The largest absolute Gasteiger partial charge is 0.433 e. The van der Waals surface area contributed by atoms with Crippen molar-refractivity contribution < 1.29 is 21.9 Å². The first-order chi connectivity index (χ1) is 10.9. The van der Waals surface area contributed by atoms with E-state index in [1.807, 2.05) is 0 Å². The fraction of sp³-hybridized carbons (Fsp3) is 0.357. The summed E-state index contributed by atoms with van der Waals surface area (Å²) < 4.78 is 58.2. The fourth-order valence-corrected chi connectivity index (χ4v) is 3.50. The molecule has 1 aliphatic carbocycles. The molecule has 124 valence electrons. The molecule has 9 heteroatoms. The summed E-state index contributed by atoms with van der Waals surface area (Å²) >= 11 is 0. The van der Waals surface area contributed by atoms with Crippen LogP contribution >= 0.6 is 0 Å². The van der Waals surface area contributed by atoms with E-state index < -0.39 is 22.4 Å². The maximum atomic E-state index is 12.5. The zero-order valence-corrected chi connectivity index (χ0v) is 13.1. The number of sulfonamides is 1. The molecule has 1 heterocycles. The van der Waals surface area contributed by atoms with Gasteiger partial charge >= 0.3 is 6.61 Å². The summed E-state index contributed by atoms with van der Waals surface area (Å²) in [5, 5.41) is 4.26. The molecule has 23 heavy (non-hydrogen) atoms. The average molecular weight is 343 g/mol. The summed E-state index contributed by atoms with van der Waals surface area (Å²) in [6, 6.07) is 5.27. The van der Waals surface area contributed by atoms with E-state index in [4.69, 9.17) is 0 Å². The number of anilines is 1. The number of aryl methyl sites for hydroxylation is 1. The Morgan fingerprint density at radius 1 is 1.35 bits per heavy atom. The highest BCUT2D eigenvalue weighted by atomic mass is 32.2. The highest BCUT2D eigenvalue weighted by molar-refractivity contribution is 7.92. The lowest BCUT2D eigenvalue weighted by atomic mass is 10.3. The molecule has 0 radical (unpaired) electrons. The van der Waals surface area contributed by atoms with E-state index >= 15 is 0 Å². The van der Waals surface area contributed by atoms with Crippen molar-refractivity contribution in [2.75, 3.05) is 4.72 Å². The van der Waals surface area contributed by atoms with Crippen molar-refractivity contribution in [3.63, 3.8) is 0 Å². The summed E-state index contributed by atoms with van der Waals surface area (Å²) in [4.78, 5) is -0.342. The minimum atomic E-state index is -4.07. The zero-order chi connectivity index (χ0) is 16.6. The number of nitrogens with zero attached hydrogens (tertiary/aromatic N) is 2. The number of aromatic nitrogens is 2. The maximum absolute atomic E-state index is 12.5. The Kier molecular flexibility index (Phi) is 3.97. The Hall–Kier alpha value is -2.16. The molecule has 1 aromatic carbocycles. The van der Waals surface area contributed by atoms with Gasteiger partial charge in [-0.2, -0.15) is 13.9 Å². The van der Waals surface area contributed by atoms with E-state index in [0.717, 1.165) is 12.8 Å². The van der Waals surface area contributed by atoms with Crippen LogP contribution in [-0.2, 0) is 17.1 Å². The number of benzene rings is 1. The van der Waals surface area contributed by atoms with Crippen molar-refractivity contribution >= 4 is 15.7 Å². The van der Waals surface area contributed by atoms with Crippen molar-refractivity contribution in [2.24, 2.45) is 7.05 Å². The Balaban J connectivity index is 1.94. The van der Waals surface area contributed by atoms with E-state index in [0.29, 0.717) is 11.4 Å². The molecule has 1 aromatic heterocycles. The highest BCUT2D eigenvalue weighted by Gasteiger charge is 2.31. The third-order valence-electron chi connectivity index (χ3n) is 3.42. The van der Waals surface area contributed by atoms with Gasteiger partial charge in [-0.1, -0.05) is 12.1 Å². The lowest BCUT2D eigenvalue weighted by molar-refractivity contribution is -0.0517. The third kappa shape index (κ3) is 3.44. The summed E-state index contributed by atoms with van der Waals surface area (Å²) in [6.45, 7) is -3.10. The predicted molar refractivity (Wildman–Crippen MR) is 79.1 cm³/mol. The van der Waals surface area contributed by atoms with Gasteiger partial charge in [0.05, 0.1) is 11.4 Å².